The van der Waals surface area contributed by atoms with Crippen LogP contribution >= 0.6 is 0 Å². The van der Waals surface area contributed by atoms with Crippen LogP contribution in [0.25, 0.3) is 99.1 Å². The van der Waals surface area contributed by atoms with E-state index in [1.165, 1.54) is 54.4 Å². The smallest absolute Gasteiger partial charge is 0.160 e. The summed E-state index contributed by atoms with van der Waals surface area (Å²) in [6.07, 6.45) is 0. The molecule has 11 aromatic rings. The van der Waals surface area contributed by atoms with Crippen LogP contribution < -0.4 is 0 Å². The van der Waals surface area contributed by atoms with Crippen LogP contribution in [-0.4, -0.2) is 18.9 Å². The molecule has 0 amide bonds. The molecule has 0 aliphatic rings. The third kappa shape index (κ3) is 3.38. The number of hydrogen-bond donors (Lipinski definition) is 0. The summed E-state index contributed by atoms with van der Waals surface area (Å²) in [7, 11) is 0. The predicted octanol–water partition coefficient (Wildman–Crippen LogP) is 11.2. The van der Waals surface area contributed by atoms with Gasteiger partial charge in [0.25, 0.3) is 0 Å². The van der Waals surface area contributed by atoms with Gasteiger partial charge in [-0.3, -0.25) is 0 Å². The molecule has 222 valence electrons. The van der Waals surface area contributed by atoms with E-state index in [9.17, 15) is 0 Å². The molecule has 7 aromatic carbocycles. The second-order valence-electron chi connectivity index (χ2n) is 12.6. The summed E-state index contributed by atoms with van der Waals surface area (Å²) in [6.45, 7) is 0. The van der Waals surface area contributed by atoms with Crippen molar-refractivity contribution in [2.24, 2.45) is 0 Å². The zero-order valence-electron chi connectivity index (χ0n) is 25.8. The van der Waals surface area contributed by atoms with Gasteiger partial charge in [0, 0.05) is 54.5 Å². The Bertz CT molecular complexity index is 3040. The molecule has 0 fully saturated rings. The lowest BCUT2D eigenvalue weighted by Gasteiger charge is -2.11. The lowest BCUT2D eigenvalue weighted by atomic mass is 10.0. The van der Waals surface area contributed by atoms with Gasteiger partial charge in [0.15, 0.2) is 5.82 Å². The summed E-state index contributed by atoms with van der Waals surface area (Å²) in [4.78, 5) is 10.3. The Morgan fingerprint density at radius 2 is 1.02 bits per heavy atom. The molecule has 0 bridgehead atoms. The number of nitrogens with zero attached hydrogens (tertiary/aromatic N) is 4. The van der Waals surface area contributed by atoms with E-state index in [2.05, 4.69) is 155 Å². The van der Waals surface area contributed by atoms with Crippen molar-refractivity contribution in [3.63, 3.8) is 0 Å². The first-order valence-corrected chi connectivity index (χ1v) is 16.4. The molecule has 4 aromatic heterocycles. The minimum absolute atomic E-state index is 0.719. The second kappa shape index (κ2) is 9.50. The maximum Gasteiger partial charge on any atom is 0.160 e. The Labute approximate surface area is 275 Å². The molecule has 0 unspecified atom stereocenters. The Balaban J connectivity index is 1.29. The van der Waals surface area contributed by atoms with Crippen molar-refractivity contribution < 1.29 is 0 Å². The van der Waals surface area contributed by atoms with Gasteiger partial charge in [0.2, 0.25) is 0 Å². The molecule has 11 rings (SSSR count). The minimum Gasteiger partial charge on any atom is -0.309 e. The maximum atomic E-state index is 5.22. The first-order chi connectivity index (χ1) is 23.8. The molecule has 48 heavy (non-hydrogen) atoms. The van der Waals surface area contributed by atoms with Crippen molar-refractivity contribution in [3.8, 4) is 28.3 Å². The standard InChI is InChI=1S/C44H26N4/c1-3-13-27(14-4-1)41-32-18-7-10-20-36(32)45-44(46-41)28-23-24-31-35-26-34-30-17-8-11-21-37(30)48-38-22-12-9-19-33(38)40(43(34)48)42(35)47(39(31)25-28)29-15-5-2-6-16-29/h1-26H. The number of fused-ring (bicyclic) bond motifs is 11. The Morgan fingerprint density at radius 1 is 0.396 bits per heavy atom. The summed E-state index contributed by atoms with van der Waals surface area (Å²) < 4.78 is 4.91. The summed E-state index contributed by atoms with van der Waals surface area (Å²) in [5.74, 6) is 0.719. The van der Waals surface area contributed by atoms with Crippen molar-refractivity contribution in [1.29, 1.82) is 0 Å². The molecular formula is C44H26N4. The minimum atomic E-state index is 0.719. The average Bonchev–Trinajstić information content (AvgIpc) is 3.79. The summed E-state index contributed by atoms with van der Waals surface area (Å²) in [5, 5.41) is 8.61. The molecule has 0 saturated carbocycles. The highest BCUT2D eigenvalue weighted by Gasteiger charge is 2.24. The lowest BCUT2D eigenvalue weighted by Crippen LogP contribution is -1.96. The van der Waals surface area contributed by atoms with Gasteiger partial charge >= 0.3 is 0 Å². The van der Waals surface area contributed by atoms with Crippen molar-refractivity contribution in [3.05, 3.63) is 158 Å². The number of benzene rings is 7. The molecule has 0 spiro atoms. The molecule has 0 aliphatic carbocycles. The summed E-state index contributed by atoms with van der Waals surface area (Å²) in [5.41, 5.74) is 11.2. The van der Waals surface area contributed by atoms with Crippen LogP contribution in [0, 0.1) is 0 Å². The highest BCUT2D eigenvalue weighted by Crippen LogP contribution is 2.46. The largest absolute Gasteiger partial charge is 0.309 e. The van der Waals surface area contributed by atoms with E-state index < -0.39 is 0 Å². The number of rotatable bonds is 3. The Morgan fingerprint density at radius 3 is 1.83 bits per heavy atom. The van der Waals surface area contributed by atoms with Gasteiger partial charge in [0.05, 0.1) is 38.8 Å². The molecule has 4 nitrogen and oxygen atoms in total. The van der Waals surface area contributed by atoms with E-state index in [-0.39, 0.29) is 0 Å². The van der Waals surface area contributed by atoms with Crippen LogP contribution in [-0.2, 0) is 0 Å². The average molecular weight is 611 g/mol. The highest BCUT2D eigenvalue weighted by atomic mass is 15.0. The molecular weight excluding hydrogens is 585 g/mol. The molecule has 0 saturated heterocycles. The van der Waals surface area contributed by atoms with Crippen LogP contribution in [0.1, 0.15) is 0 Å². The molecule has 0 radical (unpaired) electrons. The quantitative estimate of drug-likeness (QED) is 0.199. The topological polar surface area (TPSA) is 35.1 Å². The summed E-state index contributed by atoms with van der Waals surface area (Å²) >= 11 is 0. The fourth-order valence-electron chi connectivity index (χ4n) is 8.01. The van der Waals surface area contributed by atoms with Gasteiger partial charge in [-0.1, -0.05) is 115 Å². The van der Waals surface area contributed by atoms with E-state index in [4.69, 9.17) is 9.97 Å². The van der Waals surface area contributed by atoms with Gasteiger partial charge < -0.3 is 8.97 Å². The van der Waals surface area contributed by atoms with Gasteiger partial charge in [-0.15, -0.1) is 0 Å². The molecule has 0 N–H and O–H groups in total. The third-order valence-corrected chi connectivity index (χ3v) is 10.0. The van der Waals surface area contributed by atoms with Gasteiger partial charge in [-0.05, 0) is 42.5 Å². The summed E-state index contributed by atoms with van der Waals surface area (Å²) in [6, 6.07) is 56.2. The van der Waals surface area contributed by atoms with Crippen LogP contribution in [0.4, 0.5) is 0 Å². The van der Waals surface area contributed by atoms with E-state index in [1.807, 2.05) is 12.1 Å². The van der Waals surface area contributed by atoms with Gasteiger partial charge in [0.1, 0.15) is 0 Å². The number of aromatic nitrogens is 4. The van der Waals surface area contributed by atoms with Crippen molar-refractivity contribution >= 4 is 70.8 Å². The van der Waals surface area contributed by atoms with E-state index in [0.717, 1.165) is 44.8 Å². The Hall–Kier alpha value is -6.52. The molecule has 4 heterocycles. The second-order valence-corrected chi connectivity index (χ2v) is 12.6. The zero-order chi connectivity index (χ0) is 31.3. The van der Waals surface area contributed by atoms with E-state index >= 15 is 0 Å². The van der Waals surface area contributed by atoms with Crippen molar-refractivity contribution in [1.82, 2.24) is 18.9 Å². The van der Waals surface area contributed by atoms with E-state index in [1.54, 1.807) is 0 Å². The molecule has 0 atom stereocenters. The monoisotopic (exact) mass is 610 g/mol. The first kappa shape index (κ1) is 25.6. The zero-order valence-corrected chi connectivity index (χ0v) is 25.8. The van der Waals surface area contributed by atoms with Gasteiger partial charge in [-0.25, -0.2) is 9.97 Å². The molecule has 0 aliphatic heterocycles. The highest BCUT2D eigenvalue weighted by molar-refractivity contribution is 6.34. The first-order valence-electron chi connectivity index (χ1n) is 16.4. The number of hydrogen-bond acceptors (Lipinski definition) is 2. The lowest BCUT2D eigenvalue weighted by molar-refractivity contribution is 1.18. The maximum absolute atomic E-state index is 5.22. The normalized spacial score (nSPS) is 12.2. The number of para-hydroxylation sites is 4. The van der Waals surface area contributed by atoms with E-state index in [0.29, 0.717) is 0 Å². The van der Waals surface area contributed by atoms with Crippen LogP contribution in [0.2, 0.25) is 0 Å². The molecule has 4 heteroatoms. The fraction of sp³-hybridized carbons (Fsp3) is 0. The SMILES string of the molecule is c1ccc(-c2nc(-c3ccc4c5cc6c7ccccc7n7c8ccccc8c(c5n(-c5ccccc5)c4c3)c67)nc3ccccc23)cc1. The Kier molecular flexibility index (Phi) is 5.08. The predicted molar refractivity (Wildman–Crippen MR) is 199 cm³/mol. The van der Waals surface area contributed by atoms with Crippen LogP contribution in [0.15, 0.2) is 158 Å². The van der Waals surface area contributed by atoms with Gasteiger partial charge in [-0.2, -0.15) is 0 Å². The fourth-order valence-corrected chi connectivity index (χ4v) is 8.01. The third-order valence-electron chi connectivity index (χ3n) is 10.0. The van der Waals surface area contributed by atoms with Crippen LogP contribution in [0.5, 0.6) is 0 Å². The van der Waals surface area contributed by atoms with Crippen molar-refractivity contribution in [2.45, 2.75) is 0 Å². The van der Waals surface area contributed by atoms with Crippen LogP contribution in [0.3, 0.4) is 0 Å². The van der Waals surface area contributed by atoms with Crippen molar-refractivity contribution in [2.75, 3.05) is 0 Å².